The van der Waals surface area contributed by atoms with Crippen LogP contribution in [0, 0.1) is 11.8 Å². The van der Waals surface area contributed by atoms with Crippen molar-refractivity contribution in [1.82, 2.24) is 15.3 Å². The Morgan fingerprint density at radius 2 is 1.94 bits per heavy atom. The van der Waals surface area contributed by atoms with E-state index in [1.54, 1.807) is 13.8 Å². The third kappa shape index (κ3) is 4.36. The highest BCUT2D eigenvalue weighted by Gasteiger charge is 2.21. The molecule has 1 aromatic rings. The van der Waals surface area contributed by atoms with Crippen molar-refractivity contribution >= 4 is 17.7 Å². The molecular formula is C11H16N4O3. The number of carboxylic acid groups (broad SMARTS) is 1. The fraction of sp³-hybridized carbons (Fsp3) is 0.455. The van der Waals surface area contributed by atoms with E-state index in [4.69, 9.17) is 5.11 Å². The van der Waals surface area contributed by atoms with E-state index in [2.05, 4.69) is 20.6 Å². The molecule has 0 aromatic carbocycles. The molecule has 1 unspecified atom stereocenters. The second-order valence-electron chi connectivity index (χ2n) is 4.15. The molecule has 0 aliphatic rings. The third-order valence-electron chi connectivity index (χ3n) is 2.42. The smallest absolute Gasteiger partial charge is 0.319 e. The Morgan fingerprint density at radius 3 is 2.44 bits per heavy atom. The van der Waals surface area contributed by atoms with Crippen molar-refractivity contribution in [2.24, 2.45) is 11.8 Å². The summed E-state index contributed by atoms with van der Waals surface area (Å²) < 4.78 is 0. The molecule has 0 saturated carbocycles. The Kier molecular flexibility index (Phi) is 5.04. The molecule has 1 atom stereocenters. The van der Waals surface area contributed by atoms with E-state index in [1.807, 2.05) is 0 Å². The van der Waals surface area contributed by atoms with E-state index in [-0.39, 0.29) is 12.5 Å². The number of carbonyl (C=O) groups excluding carboxylic acids is 1. The van der Waals surface area contributed by atoms with Crippen LogP contribution in [0.2, 0.25) is 0 Å². The number of aliphatic carboxylic acids is 1. The molecule has 18 heavy (non-hydrogen) atoms. The largest absolute Gasteiger partial charge is 0.481 e. The molecule has 0 radical (unpaired) electrons. The van der Waals surface area contributed by atoms with Crippen molar-refractivity contribution in [2.45, 2.75) is 13.8 Å². The molecule has 1 aromatic heterocycles. The summed E-state index contributed by atoms with van der Waals surface area (Å²) >= 11 is 0. The maximum absolute atomic E-state index is 11.5. The molecule has 0 aliphatic heterocycles. The standard InChI is InChI=1S/C11H16N4O3/c1-7(2)9(10(16)17)5-14-11(18)15-8-3-12-6-13-4-8/h3-4,6-7,9H,5H2,1-2H3,(H,16,17)(H2,14,15,18). The molecule has 1 heterocycles. The lowest BCUT2D eigenvalue weighted by atomic mass is 9.96. The van der Waals surface area contributed by atoms with Crippen LogP contribution in [-0.2, 0) is 4.79 Å². The van der Waals surface area contributed by atoms with Crippen molar-refractivity contribution in [3.05, 3.63) is 18.7 Å². The van der Waals surface area contributed by atoms with E-state index in [0.717, 1.165) is 0 Å². The van der Waals surface area contributed by atoms with Gasteiger partial charge in [-0.05, 0) is 5.92 Å². The van der Waals surface area contributed by atoms with E-state index in [1.165, 1.54) is 18.7 Å². The van der Waals surface area contributed by atoms with Crippen LogP contribution in [0.1, 0.15) is 13.8 Å². The summed E-state index contributed by atoms with van der Waals surface area (Å²) in [6.45, 7) is 3.67. The van der Waals surface area contributed by atoms with E-state index >= 15 is 0 Å². The van der Waals surface area contributed by atoms with Gasteiger partial charge in [0.05, 0.1) is 24.0 Å². The number of amides is 2. The Bertz CT molecular complexity index is 408. The highest BCUT2D eigenvalue weighted by Crippen LogP contribution is 2.09. The quantitative estimate of drug-likeness (QED) is 0.723. The Labute approximate surface area is 105 Å². The summed E-state index contributed by atoms with van der Waals surface area (Å²) in [6, 6.07) is -0.475. The molecule has 7 heteroatoms. The normalized spacial score (nSPS) is 11.9. The second-order valence-corrected chi connectivity index (χ2v) is 4.15. The van der Waals surface area contributed by atoms with Crippen molar-refractivity contribution in [3.63, 3.8) is 0 Å². The highest BCUT2D eigenvalue weighted by molar-refractivity contribution is 5.89. The van der Waals surface area contributed by atoms with Crippen LogP contribution in [0.4, 0.5) is 10.5 Å². The van der Waals surface area contributed by atoms with Gasteiger partial charge in [0.15, 0.2) is 0 Å². The maximum atomic E-state index is 11.5. The molecule has 0 bridgehead atoms. The summed E-state index contributed by atoms with van der Waals surface area (Å²) in [7, 11) is 0. The molecule has 0 fully saturated rings. The number of anilines is 1. The predicted octanol–water partition coefficient (Wildman–Crippen LogP) is 0.955. The Balaban J connectivity index is 2.44. The van der Waals surface area contributed by atoms with Gasteiger partial charge in [-0.25, -0.2) is 14.8 Å². The molecule has 7 nitrogen and oxygen atoms in total. The molecule has 2 amide bonds. The number of hydrogen-bond donors (Lipinski definition) is 3. The summed E-state index contributed by atoms with van der Waals surface area (Å²) in [5, 5.41) is 14.0. The van der Waals surface area contributed by atoms with Crippen LogP contribution >= 0.6 is 0 Å². The SMILES string of the molecule is CC(C)C(CNC(=O)Nc1cncnc1)C(=O)O. The fourth-order valence-electron chi connectivity index (χ4n) is 1.35. The fourth-order valence-corrected chi connectivity index (χ4v) is 1.35. The maximum Gasteiger partial charge on any atom is 0.319 e. The topological polar surface area (TPSA) is 104 Å². The number of carboxylic acids is 1. The lowest BCUT2D eigenvalue weighted by molar-refractivity contribution is -0.142. The zero-order valence-corrected chi connectivity index (χ0v) is 10.3. The van der Waals surface area contributed by atoms with E-state index in [0.29, 0.717) is 5.69 Å². The van der Waals surface area contributed by atoms with E-state index < -0.39 is 17.9 Å². The number of hydrogen-bond acceptors (Lipinski definition) is 4. The van der Waals surface area contributed by atoms with Gasteiger partial charge in [-0.1, -0.05) is 13.8 Å². The number of urea groups is 1. The summed E-state index contributed by atoms with van der Waals surface area (Å²) in [5.74, 6) is -1.58. The van der Waals surface area contributed by atoms with Crippen molar-refractivity contribution in [1.29, 1.82) is 0 Å². The second kappa shape index (κ2) is 6.53. The molecule has 98 valence electrons. The van der Waals surface area contributed by atoms with Gasteiger partial charge in [-0.15, -0.1) is 0 Å². The number of nitrogens with zero attached hydrogens (tertiary/aromatic N) is 2. The number of rotatable bonds is 5. The van der Waals surface area contributed by atoms with Crippen LogP contribution in [0.25, 0.3) is 0 Å². The lowest BCUT2D eigenvalue weighted by Gasteiger charge is -2.16. The first-order valence-electron chi connectivity index (χ1n) is 5.53. The molecule has 3 N–H and O–H groups in total. The average molecular weight is 252 g/mol. The summed E-state index contributed by atoms with van der Waals surface area (Å²) in [4.78, 5) is 29.9. The number of nitrogens with one attached hydrogen (secondary N) is 2. The number of aromatic nitrogens is 2. The van der Waals surface area contributed by atoms with Gasteiger partial charge in [0.2, 0.25) is 0 Å². The minimum Gasteiger partial charge on any atom is -0.481 e. The first kappa shape index (κ1) is 13.9. The van der Waals surface area contributed by atoms with Crippen LogP contribution in [0.15, 0.2) is 18.7 Å². The summed E-state index contributed by atoms with van der Waals surface area (Å²) in [5.41, 5.74) is 0.450. The van der Waals surface area contributed by atoms with Crippen molar-refractivity contribution < 1.29 is 14.7 Å². The Morgan fingerprint density at radius 1 is 1.33 bits per heavy atom. The Hall–Kier alpha value is -2.18. The van der Waals surface area contributed by atoms with Gasteiger partial charge >= 0.3 is 12.0 Å². The predicted molar refractivity (Wildman–Crippen MR) is 65.0 cm³/mol. The van der Waals surface area contributed by atoms with Crippen LogP contribution in [0.3, 0.4) is 0 Å². The third-order valence-corrected chi connectivity index (χ3v) is 2.42. The van der Waals surface area contributed by atoms with Crippen LogP contribution in [0.5, 0.6) is 0 Å². The van der Waals surface area contributed by atoms with Gasteiger partial charge in [0.25, 0.3) is 0 Å². The minimum absolute atomic E-state index is 0.0529. The van der Waals surface area contributed by atoms with Crippen molar-refractivity contribution in [2.75, 3.05) is 11.9 Å². The molecular weight excluding hydrogens is 236 g/mol. The molecule has 0 spiro atoms. The van der Waals surface area contributed by atoms with Crippen molar-refractivity contribution in [3.8, 4) is 0 Å². The zero-order chi connectivity index (χ0) is 13.5. The van der Waals surface area contributed by atoms with Crippen LogP contribution < -0.4 is 10.6 Å². The summed E-state index contributed by atoms with van der Waals surface area (Å²) in [6.07, 6.45) is 4.25. The van der Waals surface area contributed by atoms with Gasteiger partial charge in [-0.2, -0.15) is 0 Å². The van der Waals surface area contributed by atoms with Gasteiger partial charge < -0.3 is 15.7 Å². The van der Waals surface area contributed by atoms with Gasteiger partial charge in [0.1, 0.15) is 6.33 Å². The number of carbonyl (C=O) groups is 2. The molecule has 0 saturated heterocycles. The average Bonchev–Trinajstić information content (AvgIpc) is 2.29. The van der Waals surface area contributed by atoms with Gasteiger partial charge in [0, 0.05) is 6.54 Å². The van der Waals surface area contributed by atoms with E-state index in [9.17, 15) is 9.59 Å². The van der Waals surface area contributed by atoms with Crippen LogP contribution in [-0.4, -0.2) is 33.6 Å². The molecule has 0 aliphatic carbocycles. The molecule has 1 rings (SSSR count). The first-order valence-corrected chi connectivity index (χ1v) is 5.53. The van der Waals surface area contributed by atoms with Gasteiger partial charge in [-0.3, -0.25) is 4.79 Å². The monoisotopic (exact) mass is 252 g/mol. The first-order chi connectivity index (χ1) is 8.50. The highest BCUT2D eigenvalue weighted by atomic mass is 16.4. The minimum atomic E-state index is -0.923. The zero-order valence-electron chi connectivity index (χ0n) is 10.3. The lowest BCUT2D eigenvalue weighted by Crippen LogP contribution is -2.37.